The third-order valence-electron chi connectivity index (χ3n) is 4.09. The summed E-state index contributed by atoms with van der Waals surface area (Å²) in [5.74, 6) is -0.371. The van der Waals surface area contributed by atoms with E-state index in [1.807, 2.05) is 13.8 Å². The number of hydrogen-bond acceptors (Lipinski definition) is 6. The first-order chi connectivity index (χ1) is 12.9. The number of esters is 1. The van der Waals surface area contributed by atoms with Crippen molar-refractivity contribution in [2.75, 3.05) is 6.61 Å². The topological polar surface area (TPSA) is 99.3 Å². The smallest absolute Gasteiger partial charge is 0.339 e. The van der Waals surface area contributed by atoms with Gasteiger partial charge in [-0.15, -0.1) is 0 Å². The highest BCUT2D eigenvalue weighted by Gasteiger charge is 2.19. The minimum atomic E-state index is -0.588. The van der Waals surface area contributed by atoms with Crippen LogP contribution in [0.3, 0.4) is 0 Å². The maximum atomic E-state index is 12.5. The fraction of sp³-hybridized carbons (Fsp3) is 0.368. The minimum absolute atomic E-state index is 0.106. The van der Waals surface area contributed by atoms with Gasteiger partial charge in [-0.1, -0.05) is 0 Å². The van der Waals surface area contributed by atoms with Crippen LogP contribution in [0.1, 0.15) is 54.7 Å². The Morgan fingerprint density at radius 1 is 1.33 bits per heavy atom. The molecule has 0 aliphatic rings. The summed E-state index contributed by atoms with van der Waals surface area (Å²) in [4.78, 5) is 29.0. The van der Waals surface area contributed by atoms with Crippen LogP contribution in [-0.4, -0.2) is 33.2 Å². The number of nitrogens with one attached hydrogen (secondary N) is 1. The summed E-state index contributed by atoms with van der Waals surface area (Å²) in [6.45, 7) is 7.17. The molecule has 0 radical (unpaired) electrons. The Morgan fingerprint density at radius 2 is 2.11 bits per heavy atom. The van der Waals surface area contributed by atoms with E-state index >= 15 is 0 Å². The molecule has 0 saturated heterocycles. The summed E-state index contributed by atoms with van der Waals surface area (Å²) < 4.78 is 12.2. The summed E-state index contributed by atoms with van der Waals surface area (Å²) in [7, 11) is 0. The van der Waals surface area contributed by atoms with E-state index in [1.54, 1.807) is 42.9 Å². The van der Waals surface area contributed by atoms with Gasteiger partial charge in [-0.05, 0) is 45.9 Å². The fourth-order valence-corrected chi connectivity index (χ4v) is 2.79. The van der Waals surface area contributed by atoms with Crippen LogP contribution in [0.15, 0.2) is 35.1 Å². The predicted octanol–water partition coefficient (Wildman–Crippen LogP) is 2.95. The van der Waals surface area contributed by atoms with E-state index in [-0.39, 0.29) is 18.7 Å². The number of fused-ring (bicyclic) bond motifs is 1. The zero-order chi connectivity index (χ0) is 19.6. The first-order valence-electron chi connectivity index (χ1n) is 8.71. The van der Waals surface area contributed by atoms with Gasteiger partial charge in [-0.2, -0.15) is 5.10 Å². The zero-order valence-corrected chi connectivity index (χ0v) is 15.7. The first kappa shape index (κ1) is 18.6. The van der Waals surface area contributed by atoms with Crippen LogP contribution in [-0.2, 0) is 9.53 Å². The Hall–Kier alpha value is -3.16. The van der Waals surface area contributed by atoms with Crippen LogP contribution >= 0.6 is 0 Å². The van der Waals surface area contributed by atoms with Gasteiger partial charge in [0.25, 0.3) is 5.91 Å². The van der Waals surface area contributed by atoms with Gasteiger partial charge >= 0.3 is 5.97 Å². The van der Waals surface area contributed by atoms with E-state index in [0.717, 1.165) is 0 Å². The molecule has 0 bridgehead atoms. The van der Waals surface area contributed by atoms with Gasteiger partial charge in [0.1, 0.15) is 5.76 Å². The highest BCUT2D eigenvalue weighted by molar-refractivity contribution is 6.03. The van der Waals surface area contributed by atoms with E-state index in [9.17, 15) is 9.59 Å². The number of amides is 1. The largest absolute Gasteiger partial charge is 0.467 e. The van der Waals surface area contributed by atoms with E-state index < -0.39 is 11.9 Å². The molecule has 0 unspecified atom stereocenters. The van der Waals surface area contributed by atoms with Gasteiger partial charge < -0.3 is 14.5 Å². The quantitative estimate of drug-likeness (QED) is 0.670. The van der Waals surface area contributed by atoms with Gasteiger partial charge in [0.15, 0.2) is 12.3 Å². The standard InChI is InChI=1S/C19H22N4O4/c1-11(2)23-18-15(9-20-23)14(8-12(3)21-18)19(25)27-10-17(24)22-13(4)16-6-5-7-26-16/h5-9,11,13H,10H2,1-4H3,(H,22,24)/t13-/m1/s1. The second-order valence-corrected chi connectivity index (χ2v) is 6.61. The van der Waals surface area contributed by atoms with Gasteiger partial charge in [-0.25, -0.2) is 14.5 Å². The lowest BCUT2D eigenvalue weighted by Gasteiger charge is -2.12. The molecule has 142 valence electrons. The van der Waals surface area contributed by atoms with Gasteiger partial charge in [0.2, 0.25) is 0 Å². The van der Waals surface area contributed by atoms with Gasteiger partial charge in [-0.3, -0.25) is 4.79 Å². The number of carbonyl (C=O) groups excluding carboxylic acids is 2. The Labute approximate surface area is 156 Å². The van der Waals surface area contributed by atoms with Crippen molar-refractivity contribution in [3.05, 3.63) is 47.7 Å². The number of furan rings is 1. The normalized spacial score (nSPS) is 12.3. The summed E-state index contributed by atoms with van der Waals surface area (Å²) in [5, 5.41) is 7.62. The molecule has 0 aromatic carbocycles. The molecule has 0 spiro atoms. The molecule has 3 heterocycles. The summed E-state index contributed by atoms with van der Waals surface area (Å²) in [6, 6.07) is 4.94. The molecular weight excluding hydrogens is 348 g/mol. The van der Waals surface area contributed by atoms with Gasteiger partial charge in [0.05, 0.1) is 29.5 Å². The predicted molar refractivity (Wildman–Crippen MR) is 98.2 cm³/mol. The average Bonchev–Trinajstić information content (AvgIpc) is 3.28. The lowest BCUT2D eigenvalue weighted by atomic mass is 10.1. The number of aromatic nitrogens is 3. The number of pyridine rings is 1. The number of rotatable bonds is 6. The maximum absolute atomic E-state index is 12.5. The first-order valence-corrected chi connectivity index (χ1v) is 8.71. The summed E-state index contributed by atoms with van der Waals surface area (Å²) >= 11 is 0. The summed E-state index contributed by atoms with van der Waals surface area (Å²) in [6.07, 6.45) is 3.13. The lowest BCUT2D eigenvalue weighted by Crippen LogP contribution is -2.31. The van der Waals surface area contributed by atoms with Crippen molar-refractivity contribution in [3.8, 4) is 0 Å². The van der Waals surface area contributed by atoms with Crippen LogP contribution in [0.4, 0.5) is 0 Å². The molecule has 1 N–H and O–H groups in total. The molecule has 0 aliphatic carbocycles. The number of hydrogen-bond donors (Lipinski definition) is 1. The van der Waals surface area contributed by atoms with Crippen LogP contribution in [0.25, 0.3) is 11.0 Å². The zero-order valence-electron chi connectivity index (χ0n) is 15.7. The van der Waals surface area contributed by atoms with Crippen molar-refractivity contribution < 1.29 is 18.7 Å². The Balaban J connectivity index is 1.70. The second-order valence-electron chi connectivity index (χ2n) is 6.61. The minimum Gasteiger partial charge on any atom is -0.467 e. The van der Waals surface area contributed by atoms with E-state index in [4.69, 9.17) is 9.15 Å². The molecule has 0 fully saturated rings. The SMILES string of the molecule is Cc1cc(C(=O)OCC(=O)N[C@H](C)c2ccco2)c2cnn(C(C)C)c2n1. The number of ether oxygens (including phenoxy) is 1. The Morgan fingerprint density at radius 3 is 2.78 bits per heavy atom. The van der Waals surface area contributed by atoms with Crippen molar-refractivity contribution >= 4 is 22.9 Å². The second kappa shape index (κ2) is 7.61. The Kier molecular flexibility index (Phi) is 5.25. The molecule has 27 heavy (non-hydrogen) atoms. The fourth-order valence-electron chi connectivity index (χ4n) is 2.79. The molecule has 3 rings (SSSR count). The maximum Gasteiger partial charge on any atom is 0.339 e. The average molecular weight is 370 g/mol. The van der Waals surface area contributed by atoms with Gasteiger partial charge in [0, 0.05) is 11.7 Å². The molecule has 1 amide bonds. The molecule has 8 nitrogen and oxygen atoms in total. The summed E-state index contributed by atoms with van der Waals surface area (Å²) in [5.41, 5.74) is 1.64. The third kappa shape index (κ3) is 3.99. The highest BCUT2D eigenvalue weighted by Crippen LogP contribution is 2.21. The van der Waals surface area contributed by atoms with Crippen LogP contribution in [0, 0.1) is 6.92 Å². The van der Waals surface area contributed by atoms with E-state index in [1.165, 1.54) is 6.26 Å². The monoisotopic (exact) mass is 370 g/mol. The number of carbonyl (C=O) groups is 2. The van der Waals surface area contributed by atoms with E-state index in [2.05, 4.69) is 15.4 Å². The molecule has 0 aliphatic heterocycles. The Bertz CT molecular complexity index is 960. The molecule has 3 aromatic rings. The van der Waals surface area contributed by atoms with Crippen molar-refractivity contribution in [2.24, 2.45) is 0 Å². The number of nitrogens with zero attached hydrogens (tertiary/aromatic N) is 3. The molecule has 8 heteroatoms. The van der Waals surface area contributed by atoms with Crippen molar-refractivity contribution in [2.45, 2.75) is 39.8 Å². The molecule has 1 atom stereocenters. The van der Waals surface area contributed by atoms with Crippen molar-refractivity contribution in [1.82, 2.24) is 20.1 Å². The van der Waals surface area contributed by atoms with Crippen LogP contribution < -0.4 is 5.32 Å². The molecular formula is C19H22N4O4. The van der Waals surface area contributed by atoms with Crippen LogP contribution in [0.5, 0.6) is 0 Å². The number of aryl methyl sites for hydroxylation is 1. The highest BCUT2D eigenvalue weighted by atomic mass is 16.5. The van der Waals surface area contributed by atoms with Crippen LogP contribution in [0.2, 0.25) is 0 Å². The lowest BCUT2D eigenvalue weighted by molar-refractivity contribution is -0.125. The van der Waals surface area contributed by atoms with Crippen molar-refractivity contribution in [3.63, 3.8) is 0 Å². The third-order valence-corrected chi connectivity index (χ3v) is 4.09. The molecule has 3 aromatic heterocycles. The van der Waals surface area contributed by atoms with E-state index in [0.29, 0.717) is 28.1 Å². The van der Waals surface area contributed by atoms with Crippen molar-refractivity contribution in [1.29, 1.82) is 0 Å². The molecule has 0 saturated carbocycles.